The quantitative estimate of drug-likeness (QED) is 0.233. The van der Waals surface area contributed by atoms with Crippen LogP contribution in [0.5, 0.6) is 0 Å². The van der Waals surface area contributed by atoms with Gasteiger partial charge in [-0.1, -0.05) is 24.3 Å². The van der Waals surface area contributed by atoms with Crippen molar-refractivity contribution in [3.8, 4) is 22.5 Å². The second kappa shape index (κ2) is 12.9. The molecular formula is C24H20F6N4O6. The topological polar surface area (TPSA) is 175 Å². The third-order valence-corrected chi connectivity index (χ3v) is 5.05. The van der Waals surface area contributed by atoms with E-state index in [1.54, 1.807) is 18.3 Å². The molecule has 0 spiro atoms. The first-order valence-electron chi connectivity index (χ1n) is 10.9. The fraction of sp³-hybridized carbons (Fsp3) is 0.208. The summed E-state index contributed by atoms with van der Waals surface area (Å²) in [4.78, 5) is 49.2. The Hall–Kier alpha value is -4.73. The minimum Gasteiger partial charge on any atom is -0.475 e. The number of carboxylic acid groups (broad SMARTS) is 2. The van der Waals surface area contributed by atoms with Crippen LogP contribution in [0.25, 0.3) is 22.5 Å². The van der Waals surface area contributed by atoms with Crippen LogP contribution in [0.15, 0.2) is 48.7 Å². The third-order valence-electron chi connectivity index (χ3n) is 5.05. The standard InChI is InChI=1S/C20H18N4O2.2C2HF3O2/c21-11-19(25)13-3-1-12(2-4-13)17-9-14(5-7-22-17)18-10-15-16(24-18)6-8-23-20(15)26;2*3-2(4,5)1(6)7/h1-5,7,9-10,24H,6,8,11,21H2,(H,23,26);2*(H,6,7). The lowest BCUT2D eigenvalue weighted by atomic mass is 10.0. The maximum absolute atomic E-state index is 12.0. The SMILES string of the molecule is NCC(=O)c1ccc(-c2cc(-c3cc4c([nH]3)CCNC4=O)ccn2)cc1.O=C(O)C(F)(F)F.O=C(O)C(F)(F)F. The lowest BCUT2D eigenvalue weighted by Crippen LogP contribution is -2.31. The maximum atomic E-state index is 12.0. The predicted octanol–water partition coefficient (Wildman–Crippen LogP) is 3.44. The van der Waals surface area contributed by atoms with Crippen molar-refractivity contribution in [1.82, 2.24) is 15.3 Å². The van der Waals surface area contributed by atoms with E-state index < -0.39 is 24.3 Å². The molecule has 0 saturated heterocycles. The number of hydrogen-bond donors (Lipinski definition) is 5. The van der Waals surface area contributed by atoms with Crippen molar-refractivity contribution in [1.29, 1.82) is 0 Å². The molecule has 0 fully saturated rings. The number of aliphatic carboxylic acids is 2. The van der Waals surface area contributed by atoms with Gasteiger partial charge in [0.15, 0.2) is 5.78 Å². The van der Waals surface area contributed by atoms with E-state index in [-0.39, 0.29) is 18.2 Å². The zero-order valence-corrected chi connectivity index (χ0v) is 20.1. The van der Waals surface area contributed by atoms with Gasteiger partial charge in [0, 0.05) is 47.2 Å². The van der Waals surface area contributed by atoms with E-state index in [4.69, 9.17) is 25.5 Å². The van der Waals surface area contributed by atoms with Crippen molar-refractivity contribution >= 4 is 23.6 Å². The first-order chi connectivity index (χ1) is 18.5. The Morgan fingerprint density at radius 3 is 1.93 bits per heavy atom. The molecule has 0 bridgehead atoms. The highest BCUT2D eigenvalue weighted by atomic mass is 19.4. The number of pyridine rings is 1. The van der Waals surface area contributed by atoms with Gasteiger partial charge in [0.1, 0.15) is 0 Å². The molecule has 1 aromatic carbocycles. The van der Waals surface area contributed by atoms with Gasteiger partial charge < -0.3 is 26.2 Å². The minimum absolute atomic E-state index is 0.00184. The van der Waals surface area contributed by atoms with E-state index in [1.807, 2.05) is 30.3 Å². The summed E-state index contributed by atoms with van der Waals surface area (Å²) >= 11 is 0. The Morgan fingerprint density at radius 2 is 1.45 bits per heavy atom. The minimum atomic E-state index is -5.08. The molecule has 2 aromatic heterocycles. The monoisotopic (exact) mass is 574 g/mol. The first-order valence-corrected chi connectivity index (χ1v) is 10.9. The van der Waals surface area contributed by atoms with E-state index in [2.05, 4.69) is 15.3 Å². The number of carboxylic acids is 2. The highest BCUT2D eigenvalue weighted by Crippen LogP contribution is 2.27. The molecule has 0 radical (unpaired) electrons. The van der Waals surface area contributed by atoms with Crippen LogP contribution >= 0.6 is 0 Å². The molecule has 214 valence electrons. The lowest BCUT2D eigenvalue weighted by Gasteiger charge is -2.10. The molecule has 1 aliphatic heterocycles. The summed E-state index contributed by atoms with van der Waals surface area (Å²) in [7, 11) is 0. The molecule has 3 aromatic rings. The zero-order valence-electron chi connectivity index (χ0n) is 20.1. The van der Waals surface area contributed by atoms with Gasteiger partial charge >= 0.3 is 24.3 Å². The Bertz CT molecular complexity index is 1360. The highest BCUT2D eigenvalue weighted by Gasteiger charge is 2.38. The average Bonchev–Trinajstić information content (AvgIpc) is 3.34. The molecule has 16 heteroatoms. The molecule has 0 unspecified atom stereocenters. The van der Waals surface area contributed by atoms with Crippen LogP contribution in [0.3, 0.4) is 0 Å². The Kier molecular flexibility index (Phi) is 10.1. The number of Topliss-reactive ketones (excluding diaryl/α,β-unsaturated/α-hetero) is 1. The van der Waals surface area contributed by atoms with E-state index in [0.717, 1.165) is 34.6 Å². The number of halogens is 6. The molecule has 6 N–H and O–H groups in total. The second-order valence-corrected chi connectivity index (χ2v) is 7.82. The van der Waals surface area contributed by atoms with Crippen LogP contribution in [0.1, 0.15) is 26.4 Å². The van der Waals surface area contributed by atoms with Crippen LogP contribution < -0.4 is 11.1 Å². The Morgan fingerprint density at radius 1 is 0.900 bits per heavy atom. The van der Waals surface area contributed by atoms with Crippen LogP contribution in [0.4, 0.5) is 26.3 Å². The fourth-order valence-corrected chi connectivity index (χ4v) is 3.15. The number of aromatic amines is 1. The molecule has 4 rings (SSSR count). The number of alkyl halides is 6. The summed E-state index contributed by atoms with van der Waals surface area (Å²) in [6, 6.07) is 13.0. The van der Waals surface area contributed by atoms with Gasteiger partial charge in [-0.05, 0) is 18.2 Å². The molecule has 1 amide bonds. The number of nitrogens with two attached hydrogens (primary N) is 1. The molecule has 0 aliphatic carbocycles. The van der Waals surface area contributed by atoms with E-state index in [0.29, 0.717) is 17.7 Å². The highest BCUT2D eigenvalue weighted by molar-refractivity contribution is 5.98. The molecular weight excluding hydrogens is 554 g/mol. The summed E-state index contributed by atoms with van der Waals surface area (Å²) in [6.07, 6.45) is -7.63. The van der Waals surface area contributed by atoms with Gasteiger partial charge in [0.2, 0.25) is 0 Å². The molecule has 3 heterocycles. The maximum Gasteiger partial charge on any atom is 0.490 e. The average molecular weight is 574 g/mol. The van der Waals surface area contributed by atoms with Gasteiger partial charge in [0.25, 0.3) is 5.91 Å². The number of nitrogens with zero attached hydrogens (tertiary/aromatic N) is 1. The van der Waals surface area contributed by atoms with Crippen molar-refractivity contribution < 1.29 is 55.7 Å². The van der Waals surface area contributed by atoms with Crippen LogP contribution in [0.2, 0.25) is 0 Å². The molecule has 40 heavy (non-hydrogen) atoms. The summed E-state index contributed by atoms with van der Waals surface area (Å²) in [5.74, 6) is -5.64. The fourth-order valence-electron chi connectivity index (χ4n) is 3.15. The van der Waals surface area contributed by atoms with Gasteiger partial charge in [-0.3, -0.25) is 14.6 Å². The van der Waals surface area contributed by atoms with E-state index in [9.17, 15) is 35.9 Å². The molecule has 10 nitrogen and oxygen atoms in total. The number of nitrogens with one attached hydrogen (secondary N) is 2. The first kappa shape index (κ1) is 31.5. The zero-order chi connectivity index (χ0) is 30.3. The number of H-pyrrole nitrogens is 1. The van der Waals surface area contributed by atoms with Crippen LogP contribution in [-0.2, 0) is 16.0 Å². The van der Waals surface area contributed by atoms with Gasteiger partial charge in [-0.2, -0.15) is 26.3 Å². The number of hydrogen-bond acceptors (Lipinski definition) is 6. The molecule has 1 aliphatic rings. The number of benzene rings is 1. The van der Waals surface area contributed by atoms with Crippen molar-refractivity contribution in [2.45, 2.75) is 18.8 Å². The smallest absolute Gasteiger partial charge is 0.475 e. The number of rotatable bonds is 4. The van der Waals surface area contributed by atoms with Gasteiger partial charge in [-0.25, -0.2) is 9.59 Å². The Balaban J connectivity index is 0.000000333. The summed E-state index contributed by atoms with van der Waals surface area (Å²) in [5, 5.41) is 17.1. The number of carbonyl (C=O) groups is 4. The Labute approximate surface area is 220 Å². The summed E-state index contributed by atoms with van der Waals surface area (Å²) in [6.45, 7) is 0.652. The van der Waals surface area contributed by atoms with Crippen molar-refractivity contribution in [3.63, 3.8) is 0 Å². The van der Waals surface area contributed by atoms with Crippen LogP contribution in [-0.4, -0.2) is 69.3 Å². The van der Waals surface area contributed by atoms with E-state index in [1.165, 1.54) is 0 Å². The van der Waals surface area contributed by atoms with Gasteiger partial charge in [0.05, 0.1) is 17.8 Å². The van der Waals surface area contributed by atoms with Crippen molar-refractivity contribution in [2.24, 2.45) is 5.73 Å². The van der Waals surface area contributed by atoms with Crippen molar-refractivity contribution in [3.05, 3.63) is 65.5 Å². The normalized spacial score (nSPS) is 12.5. The van der Waals surface area contributed by atoms with Gasteiger partial charge in [-0.15, -0.1) is 0 Å². The number of amides is 1. The number of fused-ring (bicyclic) bond motifs is 1. The van der Waals surface area contributed by atoms with Crippen LogP contribution in [0, 0.1) is 0 Å². The molecule has 0 saturated carbocycles. The predicted molar refractivity (Wildman–Crippen MR) is 126 cm³/mol. The molecule has 0 atom stereocenters. The lowest BCUT2D eigenvalue weighted by molar-refractivity contribution is -0.193. The largest absolute Gasteiger partial charge is 0.490 e. The summed E-state index contributed by atoms with van der Waals surface area (Å²) < 4.78 is 63.5. The number of carbonyl (C=O) groups excluding carboxylic acids is 2. The van der Waals surface area contributed by atoms with E-state index >= 15 is 0 Å². The number of ketones is 1. The third kappa shape index (κ3) is 8.65. The summed E-state index contributed by atoms with van der Waals surface area (Å²) in [5.41, 5.74) is 11.2. The second-order valence-electron chi connectivity index (χ2n) is 7.82. The van der Waals surface area contributed by atoms with Crippen molar-refractivity contribution in [2.75, 3.05) is 13.1 Å². The number of aromatic nitrogens is 2.